The van der Waals surface area contributed by atoms with E-state index in [-0.39, 0.29) is 11.9 Å². The average Bonchev–Trinajstić information content (AvgIpc) is 2.55. The quantitative estimate of drug-likeness (QED) is 0.812. The first-order chi connectivity index (χ1) is 11.3. The molecule has 8 heteroatoms. The Kier molecular flexibility index (Phi) is 6.20. The minimum atomic E-state index is -3.43. The Morgan fingerprint density at radius 2 is 2.00 bits per heavy atom. The molecule has 0 saturated carbocycles. The fraction of sp³-hybridized carbons (Fsp3) is 0.562. The summed E-state index contributed by atoms with van der Waals surface area (Å²) in [5, 5.41) is 0. The summed E-state index contributed by atoms with van der Waals surface area (Å²) in [6.07, 6.45) is 1.57. The maximum absolute atomic E-state index is 12.4. The zero-order valence-corrected chi connectivity index (χ0v) is 15.2. The van der Waals surface area contributed by atoms with E-state index in [0.717, 1.165) is 15.6 Å². The lowest BCUT2D eigenvalue weighted by Gasteiger charge is -2.32. The second kappa shape index (κ2) is 7.96. The summed E-state index contributed by atoms with van der Waals surface area (Å²) in [5.41, 5.74) is 0.912. The molecule has 0 aliphatic carbocycles. The monoisotopic (exact) mass is 355 g/mol. The minimum absolute atomic E-state index is 0.0529. The van der Waals surface area contributed by atoms with Gasteiger partial charge in [0.25, 0.3) is 10.2 Å². The molecule has 24 heavy (non-hydrogen) atoms. The molecule has 1 aromatic carbocycles. The van der Waals surface area contributed by atoms with E-state index in [1.54, 1.807) is 12.0 Å². The van der Waals surface area contributed by atoms with Crippen LogP contribution in [0.5, 0.6) is 5.75 Å². The van der Waals surface area contributed by atoms with Crippen LogP contribution in [-0.4, -0.2) is 63.9 Å². The molecule has 0 atom stereocenters. The zero-order chi connectivity index (χ0) is 17.7. The van der Waals surface area contributed by atoms with Crippen LogP contribution in [0.2, 0.25) is 0 Å². The number of benzene rings is 1. The Morgan fingerprint density at radius 3 is 2.58 bits per heavy atom. The van der Waals surface area contributed by atoms with E-state index in [9.17, 15) is 13.2 Å². The van der Waals surface area contributed by atoms with Crippen LogP contribution >= 0.6 is 0 Å². The molecule has 2 rings (SSSR count). The largest absolute Gasteiger partial charge is 0.497 e. The van der Waals surface area contributed by atoms with Crippen molar-refractivity contribution in [3.05, 3.63) is 29.8 Å². The van der Waals surface area contributed by atoms with Gasteiger partial charge in [0.1, 0.15) is 5.75 Å². The third kappa shape index (κ3) is 4.93. The zero-order valence-electron chi connectivity index (χ0n) is 14.4. The van der Waals surface area contributed by atoms with Gasteiger partial charge in [-0.2, -0.15) is 17.4 Å². The molecule has 0 spiro atoms. The fourth-order valence-corrected chi connectivity index (χ4v) is 3.50. The molecular formula is C16H25N3O4S. The normalized spacial score (nSPS) is 16.4. The van der Waals surface area contributed by atoms with Gasteiger partial charge in [-0.1, -0.05) is 12.1 Å². The number of piperidine rings is 1. The van der Waals surface area contributed by atoms with Gasteiger partial charge in [0.15, 0.2) is 0 Å². The summed E-state index contributed by atoms with van der Waals surface area (Å²) >= 11 is 0. The van der Waals surface area contributed by atoms with Gasteiger partial charge >= 0.3 is 0 Å². The lowest BCUT2D eigenvalue weighted by Crippen LogP contribution is -2.49. The van der Waals surface area contributed by atoms with Crippen molar-refractivity contribution in [3.63, 3.8) is 0 Å². The second-order valence-electron chi connectivity index (χ2n) is 6.09. The molecule has 0 radical (unpaired) electrons. The average molecular weight is 355 g/mol. The molecule has 1 amide bonds. The third-order valence-electron chi connectivity index (χ3n) is 4.13. The molecular weight excluding hydrogens is 330 g/mol. The standard InChI is InChI=1S/C16H25N3O4S/c1-18(2)24(21,22)17-14-7-9-19(10-8-14)16(20)12-13-5-4-6-15(11-13)23-3/h4-6,11,14,17H,7-10,12H2,1-3H3. The first-order valence-electron chi connectivity index (χ1n) is 7.92. The number of carbonyl (C=O) groups excluding carboxylic acids is 1. The lowest BCUT2D eigenvalue weighted by molar-refractivity contribution is -0.131. The van der Waals surface area contributed by atoms with Crippen molar-refractivity contribution in [2.75, 3.05) is 34.3 Å². The molecule has 0 bridgehead atoms. The first kappa shape index (κ1) is 18.7. The van der Waals surface area contributed by atoms with E-state index in [2.05, 4.69) is 4.72 Å². The predicted molar refractivity (Wildman–Crippen MR) is 92.0 cm³/mol. The van der Waals surface area contributed by atoms with Crippen LogP contribution in [0.15, 0.2) is 24.3 Å². The van der Waals surface area contributed by atoms with Gasteiger partial charge in [-0.3, -0.25) is 4.79 Å². The van der Waals surface area contributed by atoms with Gasteiger partial charge in [-0.15, -0.1) is 0 Å². The molecule has 1 fully saturated rings. The van der Waals surface area contributed by atoms with Gasteiger partial charge in [-0.05, 0) is 30.5 Å². The summed E-state index contributed by atoms with van der Waals surface area (Å²) in [5.74, 6) is 0.786. The van der Waals surface area contributed by atoms with Crippen LogP contribution in [-0.2, 0) is 21.4 Å². The Labute approximate surface area is 143 Å². The van der Waals surface area contributed by atoms with Gasteiger partial charge in [0.05, 0.1) is 13.5 Å². The number of hydrogen-bond acceptors (Lipinski definition) is 4. The predicted octanol–water partition coefficient (Wildman–Crippen LogP) is 0.625. The van der Waals surface area contributed by atoms with Crippen LogP contribution in [0.3, 0.4) is 0 Å². The molecule has 1 aliphatic rings. The first-order valence-corrected chi connectivity index (χ1v) is 9.36. The highest BCUT2D eigenvalue weighted by molar-refractivity contribution is 7.87. The number of carbonyl (C=O) groups is 1. The van der Waals surface area contributed by atoms with Gasteiger partial charge in [0.2, 0.25) is 5.91 Å². The summed E-state index contributed by atoms with van der Waals surface area (Å²) in [4.78, 5) is 14.2. The number of rotatable bonds is 6. The SMILES string of the molecule is COc1cccc(CC(=O)N2CCC(NS(=O)(=O)N(C)C)CC2)c1. The van der Waals surface area contributed by atoms with Crippen molar-refractivity contribution in [2.24, 2.45) is 0 Å². The van der Waals surface area contributed by atoms with Gasteiger partial charge in [-0.25, -0.2) is 0 Å². The Balaban J connectivity index is 1.86. The van der Waals surface area contributed by atoms with E-state index in [4.69, 9.17) is 4.74 Å². The molecule has 1 N–H and O–H groups in total. The van der Waals surface area contributed by atoms with Crippen molar-refractivity contribution < 1.29 is 17.9 Å². The Morgan fingerprint density at radius 1 is 1.33 bits per heavy atom. The summed E-state index contributed by atoms with van der Waals surface area (Å²) in [7, 11) is 1.16. The van der Waals surface area contributed by atoms with E-state index >= 15 is 0 Å². The highest BCUT2D eigenvalue weighted by Gasteiger charge is 2.26. The van der Waals surface area contributed by atoms with Gasteiger partial charge < -0.3 is 9.64 Å². The van der Waals surface area contributed by atoms with E-state index < -0.39 is 10.2 Å². The van der Waals surface area contributed by atoms with Gasteiger partial charge in [0, 0.05) is 33.2 Å². The molecule has 134 valence electrons. The molecule has 1 heterocycles. The fourth-order valence-electron chi connectivity index (χ4n) is 2.63. The summed E-state index contributed by atoms with van der Waals surface area (Å²) in [6.45, 7) is 1.12. The van der Waals surface area contributed by atoms with E-state index in [1.807, 2.05) is 24.3 Å². The molecule has 1 aromatic rings. The molecule has 1 saturated heterocycles. The van der Waals surface area contributed by atoms with E-state index in [1.165, 1.54) is 14.1 Å². The van der Waals surface area contributed by atoms with Crippen molar-refractivity contribution in [2.45, 2.75) is 25.3 Å². The number of methoxy groups -OCH3 is 1. The number of ether oxygens (including phenoxy) is 1. The van der Waals surface area contributed by atoms with Crippen LogP contribution in [0.25, 0.3) is 0 Å². The summed E-state index contributed by atoms with van der Waals surface area (Å²) in [6, 6.07) is 7.34. The number of hydrogen-bond donors (Lipinski definition) is 1. The molecule has 7 nitrogen and oxygen atoms in total. The topological polar surface area (TPSA) is 79.0 Å². The highest BCUT2D eigenvalue weighted by atomic mass is 32.2. The van der Waals surface area contributed by atoms with Crippen LogP contribution in [0.1, 0.15) is 18.4 Å². The second-order valence-corrected chi connectivity index (χ2v) is 8.00. The van der Waals surface area contributed by atoms with Crippen LogP contribution < -0.4 is 9.46 Å². The van der Waals surface area contributed by atoms with Crippen LogP contribution in [0.4, 0.5) is 0 Å². The van der Waals surface area contributed by atoms with Crippen molar-refractivity contribution in [1.29, 1.82) is 0 Å². The van der Waals surface area contributed by atoms with Crippen molar-refractivity contribution in [3.8, 4) is 5.75 Å². The molecule has 1 aliphatic heterocycles. The third-order valence-corrected chi connectivity index (χ3v) is 5.73. The Bertz CT molecular complexity index is 668. The highest BCUT2D eigenvalue weighted by Crippen LogP contribution is 2.16. The van der Waals surface area contributed by atoms with Crippen molar-refractivity contribution >= 4 is 16.1 Å². The molecule has 0 unspecified atom stereocenters. The molecule has 0 aromatic heterocycles. The minimum Gasteiger partial charge on any atom is -0.497 e. The van der Waals surface area contributed by atoms with Crippen molar-refractivity contribution in [1.82, 2.24) is 13.9 Å². The number of amides is 1. The summed E-state index contributed by atoms with van der Waals surface area (Å²) < 4.78 is 32.7. The van der Waals surface area contributed by atoms with Crippen LogP contribution in [0, 0.1) is 0 Å². The lowest BCUT2D eigenvalue weighted by atomic mass is 10.0. The van der Waals surface area contributed by atoms with E-state index in [0.29, 0.717) is 32.4 Å². The maximum Gasteiger partial charge on any atom is 0.279 e. The number of likely N-dealkylation sites (tertiary alicyclic amines) is 1. The number of nitrogens with one attached hydrogen (secondary N) is 1. The Hall–Kier alpha value is -1.64. The number of nitrogens with zero attached hydrogens (tertiary/aromatic N) is 2. The smallest absolute Gasteiger partial charge is 0.279 e. The maximum atomic E-state index is 12.4.